The SMILES string of the molecule is Cc1nn(C)c2c1CN(c1ncnn3c(C)nc(-c4ccc(F)cc4Cl)c13)CC2. The van der Waals surface area contributed by atoms with E-state index in [1.807, 2.05) is 25.6 Å². The molecule has 1 aromatic carbocycles. The molecule has 0 atom stereocenters. The third-order valence-electron chi connectivity index (χ3n) is 5.50. The van der Waals surface area contributed by atoms with Crippen molar-refractivity contribution in [3.63, 3.8) is 0 Å². The molecule has 0 spiro atoms. The van der Waals surface area contributed by atoms with Crippen molar-refractivity contribution in [3.8, 4) is 11.3 Å². The van der Waals surface area contributed by atoms with Crippen LogP contribution in [0.4, 0.5) is 10.2 Å². The van der Waals surface area contributed by atoms with Crippen LogP contribution in [0.15, 0.2) is 24.5 Å². The largest absolute Gasteiger partial charge is 0.350 e. The smallest absolute Gasteiger partial charge is 0.159 e. The topological polar surface area (TPSA) is 64.1 Å². The van der Waals surface area contributed by atoms with E-state index in [1.54, 1.807) is 16.9 Å². The lowest BCUT2D eigenvalue weighted by molar-refractivity contribution is 0.628. The van der Waals surface area contributed by atoms with E-state index in [2.05, 4.69) is 25.1 Å². The van der Waals surface area contributed by atoms with Crippen LogP contribution in [0.3, 0.4) is 0 Å². The summed E-state index contributed by atoms with van der Waals surface area (Å²) in [7, 11) is 1.99. The van der Waals surface area contributed by atoms with Crippen LogP contribution >= 0.6 is 11.6 Å². The molecule has 148 valence electrons. The molecule has 1 aliphatic heterocycles. The number of hydrogen-bond acceptors (Lipinski definition) is 5. The molecule has 9 heteroatoms. The van der Waals surface area contributed by atoms with Crippen LogP contribution in [0.2, 0.25) is 5.02 Å². The van der Waals surface area contributed by atoms with Crippen LogP contribution in [-0.4, -0.2) is 35.9 Å². The fourth-order valence-corrected chi connectivity index (χ4v) is 4.38. The quantitative estimate of drug-likeness (QED) is 0.505. The maximum atomic E-state index is 13.6. The van der Waals surface area contributed by atoms with Gasteiger partial charge in [-0.15, -0.1) is 0 Å². The number of aromatic nitrogens is 6. The first-order chi connectivity index (χ1) is 13.9. The molecule has 0 amide bonds. The van der Waals surface area contributed by atoms with Crippen LogP contribution in [0.1, 0.15) is 22.8 Å². The Morgan fingerprint density at radius 3 is 2.83 bits per heavy atom. The minimum Gasteiger partial charge on any atom is -0.350 e. The predicted octanol–water partition coefficient (Wildman–Crippen LogP) is 3.50. The molecular weight excluding hydrogens is 393 g/mol. The third-order valence-corrected chi connectivity index (χ3v) is 5.82. The fourth-order valence-electron chi connectivity index (χ4n) is 4.12. The number of aryl methyl sites for hydroxylation is 3. The molecule has 1 aliphatic rings. The van der Waals surface area contributed by atoms with Gasteiger partial charge in [-0.25, -0.2) is 18.9 Å². The number of nitrogens with zero attached hydrogens (tertiary/aromatic N) is 7. The Balaban J connectivity index is 1.68. The molecule has 4 aromatic rings. The molecule has 0 saturated heterocycles. The lowest BCUT2D eigenvalue weighted by Gasteiger charge is -2.29. The summed E-state index contributed by atoms with van der Waals surface area (Å²) in [6.07, 6.45) is 2.42. The molecule has 5 rings (SSSR count). The maximum absolute atomic E-state index is 13.6. The van der Waals surface area contributed by atoms with Crippen molar-refractivity contribution in [2.45, 2.75) is 26.8 Å². The number of fused-ring (bicyclic) bond motifs is 2. The van der Waals surface area contributed by atoms with E-state index in [4.69, 9.17) is 11.6 Å². The van der Waals surface area contributed by atoms with E-state index in [0.717, 1.165) is 30.0 Å². The lowest BCUT2D eigenvalue weighted by atomic mass is 10.1. The van der Waals surface area contributed by atoms with E-state index in [9.17, 15) is 4.39 Å². The second kappa shape index (κ2) is 6.52. The van der Waals surface area contributed by atoms with Gasteiger partial charge in [0, 0.05) is 43.4 Å². The number of benzene rings is 1. The maximum Gasteiger partial charge on any atom is 0.159 e. The minimum absolute atomic E-state index is 0.309. The standard InChI is InChI=1S/C20H19ClFN7/c1-11-15-9-28(7-6-17(15)27(3)26-11)20-19-18(14-5-4-13(22)8-16(14)21)25-12(2)29(19)24-10-23-20/h4-5,8,10H,6-7,9H2,1-3H3. The molecule has 7 nitrogen and oxygen atoms in total. The van der Waals surface area contributed by atoms with Gasteiger partial charge in [-0.05, 0) is 32.0 Å². The minimum atomic E-state index is -0.383. The first kappa shape index (κ1) is 18.1. The van der Waals surface area contributed by atoms with Gasteiger partial charge in [-0.2, -0.15) is 10.2 Å². The predicted molar refractivity (Wildman–Crippen MR) is 109 cm³/mol. The van der Waals surface area contributed by atoms with Gasteiger partial charge in [-0.3, -0.25) is 4.68 Å². The van der Waals surface area contributed by atoms with Crippen molar-refractivity contribution in [1.29, 1.82) is 0 Å². The highest BCUT2D eigenvalue weighted by Crippen LogP contribution is 2.36. The van der Waals surface area contributed by atoms with Gasteiger partial charge in [0.1, 0.15) is 29.2 Å². The van der Waals surface area contributed by atoms with Gasteiger partial charge in [-0.1, -0.05) is 11.6 Å². The van der Waals surface area contributed by atoms with Gasteiger partial charge >= 0.3 is 0 Å². The third kappa shape index (κ3) is 2.78. The van der Waals surface area contributed by atoms with Crippen LogP contribution in [-0.2, 0) is 20.0 Å². The number of imidazole rings is 1. The summed E-state index contributed by atoms with van der Waals surface area (Å²) >= 11 is 6.35. The Labute approximate surface area is 171 Å². The van der Waals surface area contributed by atoms with E-state index >= 15 is 0 Å². The first-order valence-corrected chi connectivity index (χ1v) is 9.74. The fraction of sp³-hybridized carbons (Fsp3) is 0.300. The highest BCUT2D eigenvalue weighted by Gasteiger charge is 2.27. The molecule has 29 heavy (non-hydrogen) atoms. The molecule has 0 unspecified atom stereocenters. The highest BCUT2D eigenvalue weighted by atomic mass is 35.5. The number of rotatable bonds is 2. The molecular formula is C20H19ClFN7. The van der Waals surface area contributed by atoms with E-state index in [-0.39, 0.29) is 5.82 Å². The van der Waals surface area contributed by atoms with Crippen LogP contribution in [0.25, 0.3) is 16.8 Å². The number of hydrogen-bond donors (Lipinski definition) is 0. The van der Waals surface area contributed by atoms with E-state index in [1.165, 1.54) is 23.4 Å². The molecule has 4 heterocycles. The Hall–Kier alpha value is -3.00. The summed E-state index contributed by atoms with van der Waals surface area (Å²) in [5, 5.41) is 9.25. The van der Waals surface area contributed by atoms with Crippen molar-refractivity contribution in [2.75, 3.05) is 11.4 Å². The number of anilines is 1. The zero-order valence-corrected chi connectivity index (χ0v) is 17.1. The first-order valence-electron chi connectivity index (χ1n) is 9.36. The van der Waals surface area contributed by atoms with Gasteiger partial charge < -0.3 is 4.90 Å². The summed E-state index contributed by atoms with van der Waals surface area (Å²) in [5.74, 6) is 1.12. The second-order valence-electron chi connectivity index (χ2n) is 7.28. The molecule has 0 radical (unpaired) electrons. The van der Waals surface area contributed by atoms with Gasteiger partial charge in [0.2, 0.25) is 0 Å². The van der Waals surface area contributed by atoms with Gasteiger partial charge in [0.15, 0.2) is 5.82 Å². The normalized spacial score (nSPS) is 13.9. The van der Waals surface area contributed by atoms with Crippen LogP contribution in [0, 0.1) is 19.7 Å². The summed E-state index contributed by atoms with van der Waals surface area (Å²) in [6, 6.07) is 4.33. The summed E-state index contributed by atoms with van der Waals surface area (Å²) in [4.78, 5) is 11.5. The molecule has 0 bridgehead atoms. The average Bonchev–Trinajstić information content (AvgIpc) is 3.18. The van der Waals surface area contributed by atoms with Crippen molar-refractivity contribution in [2.24, 2.45) is 7.05 Å². The van der Waals surface area contributed by atoms with Gasteiger partial charge in [0.05, 0.1) is 10.7 Å². The second-order valence-corrected chi connectivity index (χ2v) is 7.69. The van der Waals surface area contributed by atoms with Gasteiger partial charge in [0.25, 0.3) is 0 Å². The van der Waals surface area contributed by atoms with Crippen molar-refractivity contribution in [1.82, 2.24) is 29.4 Å². The molecule has 0 aliphatic carbocycles. The number of halogens is 2. The summed E-state index contributed by atoms with van der Waals surface area (Å²) < 4.78 is 17.3. The molecule has 3 aromatic heterocycles. The molecule has 0 fully saturated rings. The summed E-state index contributed by atoms with van der Waals surface area (Å²) in [5.41, 5.74) is 5.59. The Morgan fingerprint density at radius 1 is 1.21 bits per heavy atom. The van der Waals surface area contributed by atoms with Crippen molar-refractivity contribution in [3.05, 3.63) is 58.1 Å². The van der Waals surface area contributed by atoms with E-state index < -0.39 is 0 Å². The zero-order chi connectivity index (χ0) is 20.3. The van der Waals surface area contributed by atoms with Crippen LogP contribution in [0.5, 0.6) is 0 Å². The molecule has 0 saturated carbocycles. The van der Waals surface area contributed by atoms with Crippen molar-refractivity contribution < 1.29 is 4.39 Å². The van der Waals surface area contributed by atoms with Crippen LogP contribution < -0.4 is 4.90 Å². The highest BCUT2D eigenvalue weighted by molar-refractivity contribution is 6.33. The Kier molecular flexibility index (Phi) is 4.06. The van der Waals surface area contributed by atoms with Crippen molar-refractivity contribution >= 4 is 22.9 Å². The monoisotopic (exact) mass is 411 g/mol. The van der Waals surface area contributed by atoms with E-state index in [0.29, 0.717) is 28.6 Å². The summed E-state index contributed by atoms with van der Waals surface area (Å²) in [6.45, 7) is 5.43. The lowest BCUT2D eigenvalue weighted by Crippen LogP contribution is -2.32. The molecule has 0 N–H and O–H groups in total. The Morgan fingerprint density at radius 2 is 2.03 bits per heavy atom. The Bertz CT molecular complexity index is 1260. The zero-order valence-electron chi connectivity index (χ0n) is 16.3. The average molecular weight is 412 g/mol.